The van der Waals surface area contributed by atoms with Crippen LogP contribution in [0.5, 0.6) is 0 Å². The summed E-state index contributed by atoms with van der Waals surface area (Å²) in [7, 11) is 0. The van der Waals surface area contributed by atoms with Crippen molar-refractivity contribution in [2.45, 2.75) is 89.0 Å². The zero-order chi connectivity index (χ0) is 18.7. The minimum absolute atomic E-state index is 0.0381. The number of Topliss-reactive ketones (excluding diaryl/α,β-unsaturated/α-hetero) is 1. The van der Waals surface area contributed by atoms with Gasteiger partial charge in [0.15, 0.2) is 0 Å². The van der Waals surface area contributed by atoms with Gasteiger partial charge in [0.05, 0.1) is 0 Å². The summed E-state index contributed by atoms with van der Waals surface area (Å²) in [6.07, 6.45) is 12.7. The normalized spacial score (nSPS) is 45.8. The minimum atomic E-state index is -0.0381. The van der Waals surface area contributed by atoms with Crippen LogP contribution in [0.4, 0.5) is 0 Å². The van der Waals surface area contributed by atoms with Gasteiger partial charge in [0.25, 0.3) is 0 Å². The summed E-state index contributed by atoms with van der Waals surface area (Å²) < 4.78 is 0. The molecule has 2 N–H and O–H groups in total. The summed E-state index contributed by atoms with van der Waals surface area (Å²) >= 11 is 0. The number of carbonyl (C=O) groups excluding carboxylic acids is 1. The third kappa shape index (κ3) is 2.99. The van der Waals surface area contributed by atoms with E-state index in [1.165, 1.54) is 31.2 Å². The number of benzene rings is 1. The van der Waals surface area contributed by atoms with Crippen LogP contribution in [0.2, 0.25) is 0 Å². The smallest absolute Gasteiger partial charge is 0.139 e. The van der Waals surface area contributed by atoms with Crippen LogP contribution in [0.25, 0.3) is 0 Å². The number of rotatable bonds is 4. The van der Waals surface area contributed by atoms with Crippen molar-refractivity contribution in [1.29, 1.82) is 0 Å². The van der Waals surface area contributed by atoms with Gasteiger partial charge < -0.3 is 5.73 Å². The maximum atomic E-state index is 13.7. The van der Waals surface area contributed by atoms with Gasteiger partial charge in [-0.05, 0) is 92.4 Å². The molecule has 0 aromatic heterocycles. The van der Waals surface area contributed by atoms with Crippen molar-refractivity contribution in [2.75, 3.05) is 0 Å². The van der Waals surface area contributed by atoms with E-state index < -0.39 is 0 Å². The highest BCUT2D eigenvalue weighted by Gasteiger charge is 2.64. The summed E-state index contributed by atoms with van der Waals surface area (Å²) in [5, 5.41) is 0. The maximum Gasteiger partial charge on any atom is 0.139 e. The number of hydrogen-bond acceptors (Lipinski definition) is 2. The van der Waals surface area contributed by atoms with Gasteiger partial charge in [0, 0.05) is 17.9 Å². The highest BCUT2D eigenvalue weighted by atomic mass is 16.1. The highest BCUT2D eigenvalue weighted by Crippen LogP contribution is 2.70. The van der Waals surface area contributed by atoms with Crippen molar-refractivity contribution in [3.63, 3.8) is 0 Å². The molecule has 0 spiro atoms. The monoisotopic (exact) mass is 365 g/mol. The molecule has 5 fully saturated rings. The molecule has 1 aromatic carbocycles. The van der Waals surface area contributed by atoms with E-state index in [4.69, 9.17) is 5.73 Å². The van der Waals surface area contributed by atoms with Gasteiger partial charge in [0.1, 0.15) is 5.78 Å². The van der Waals surface area contributed by atoms with Crippen molar-refractivity contribution in [3.05, 3.63) is 35.9 Å². The first-order valence-corrected chi connectivity index (χ1v) is 11.2. The lowest BCUT2D eigenvalue weighted by atomic mass is 9.38. The fourth-order valence-corrected chi connectivity index (χ4v) is 8.22. The summed E-state index contributed by atoms with van der Waals surface area (Å²) in [4.78, 5) is 13.7. The highest BCUT2D eigenvalue weighted by molar-refractivity contribution is 5.86. The molecule has 4 bridgehead atoms. The molecule has 6 rings (SSSR count). The van der Waals surface area contributed by atoms with Crippen molar-refractivity contribution in [2.24, 2.45) is 28.4 Å². The first kappa shape index (κ1) is 17.9. The van der Waals surface area contributed by atoms with E-state index in [1.807, 2.05) is 0 Å². The van der Waals surface area contributed by atoms with E-state index in [1.54, 1.807) is 0 Å². The topological polar surface area (TPSA) is 43.1 Å². The summed E-state index contributed by atoms with van der Waals surface area (Å²) in [5.74, 6) is 1.94. The zero-order valence-electron chi connectivity index (χ0n) is 16.9. The molecule has 146 valence electrons. The number of hydrogen-bond donors (Lipinski definition) is 1. The van der Waals surface area contributed by atoms with E-state index in [9.17, 15) is 4.79 Å². The molecular formula is C25H35NO. The van der Waals surface area contributed by atoms with Crippen LogP contribution < -0.4 is 5.73 Å². The van der Waals surface area contributed by atoms with E-state index in [-0.39, 0.29) is 10.8 Å². The molecule has 5 saturated carbocycles. The van der Waals surface area contributed by atoms with Gasteiger partial charge in [-0.15, -0.1) is 0 Å². The van der Waals surface area contributed by atoms with Crippen molar-refractivity contribution >= 4 is 5.78 Å². The Morgan fingerprint density at radius 3 is 2.44 bits per heavy atom. The van der Waals surface area contributed by atoms with Crippen molar-refractivity contribution < 1.29 is 4.79 Å². The Morgan fingerprint density at radius 2 is 1.74 bits per heavy atom. The predicted octanol–water partition coefficient (Wildman–Crippen LogP) is 5.39. The third-order valence-corrected chi connectivity index (χ3v) is 8.69. The predicted molar refractivity (Wildman–Crippen MR) is 109 cm³/mol. The lowest BCUT2D eigenvalue weighted by molar-refractivity contribution is -0.159. The first-order chi connectivity index (χ1) is 12.9. The molecule has 2 unspecified atom stereocenters. The summed E-state index contributed by atoms with van der Waals surface area (Å²) in [5.41, 5.74) is 8.16. The minimum Gasteiger partial charge on any atom is -0.328 e. The molecular weight excluding hydrogens is 330 g/mol. The molecule has 27 heavy (non-hydrogen) atoms. The van der Waals surface area contributed by atoms with Gasteiger partial charge in [-0.25, -0.2) is 0 Å². The molecule has 4 atom stereocenters. The quantitative estimate of drug-likeness (QED) is 0.777. The molecule has 2 heteroatoms. The Hall–Kier alpha value is -1.15. The second-order valence-electron chi connectivity index (χ2n) is 11.2. The molecule has 5 aliphatic rings. The van der Waals surface area contributed by atoms with Gasteiger partial charge in [-0.2, -0.15) is 0 Å². The van der Waals surface area contributed by atoms with Gasteiger partial charge in [-0.1, -0.05) is 37.3 Å². The van der Waals surface area contributed by atoms with Crippen molar-refractivity contribution in [1.82, 2.24) is 0 Å². The Balaban J connectivity index is 1.43. The second-order valence-corrected chi connectivity index (χ2v) is 11.2. The number of carbonyl (C=O) groups is 1. The van der Waals surface area contributed by atoms with Crippen LogP contribution in [-0.4, -0.2) is 11.8 Å². The fourth-order valence-electron chi connectivity index (χ4n) is 8.22. The molecule has 0 saturated heterocycles. The largest absolute Gasteiger partial charge is 0.328 e. The van der Waals surface area contributed by atoms with Crippen LogP contribution in [0, 0.1) is 22.7 Å². The average Bonchev–Trinajstić information content (AvgIpc) is 2.62. The fraction of sp³-hybridized carbons (Fsp3) is 0.720. The average molecular weight is 366 g/mol. The van der Waals surface area contributed by atoms with Gasteiger partial charge >= 0.3 is 0 Å². The van der Waals surface area contributed by atoms with Gasteiger partial charge in [0.2, 0.25) is 0 Å². The van der Waals surface area contributed by atoms with Crippen LogP contribution in [0.15, 0.2) is 30.3 Å². The molecule has 0 aliphatic heterocycles. The molecule has 1 aromatic rings. The maximum absolute atomic E-state index is 13.7. The molecule has 5 aliphatic carbocycles. The van der Waals surface area contributed by atoms with E-state index >= 15 is 0 Å². The zero-order valence-corrected chi connectivity index (χ0v) is 16.9. The molecule has 0 heterocycles. The lowest BCUT2D eigenvalue weighted by Gasteiger charge is -2.66. The Morgan fingerprint density at radius 1 is 1.00 bits per heavy atom. The second kappa shape index (κ2) is 6.17. The van der Waals surface area contributed by atoms with E-state index in [0.717, 1.165) is 50.9 Å². The molecule has 0 amide bonds. The number of ketones is 1. The third-order valence-electron chi connectivity index (χ3n) is 8.69. The van der Waals surface area contributed by atoms with E-state index in [0.29, 0.717) is 23.2 Å². The van der Waals surface area contributed by atoms with Crippen LogP contribution in [0.3, 0.4) is 0 Å². The van der Waals surface area contributed by atoms with Crippen molar-refractivity contribution in [3.8, 4) is 0 Å². The van der Waals surface area contributed by atoms with Crippen LogP contribution in [0.1, 0.15) is 83.1 Å². The van der Waals surface area contributed by atoms with Gasteiger partial charge in [-0.3, -0.25) is 4.79 Å². The van der Waals surface area contributed by atoms with E-state index in [2.05, 4.69) is 37.3 Å². The SMILES string of the molecule is C[C@@]12CC3CC(C(=O)CC4CCC(N)CC4)(C1)C[C@](c1ccccc1)(C3)C2. The summed E-state index contributed by atoms with van der Waals surface area (Å²) in [6.45, 7) is 2.48. The summed E-state index contributed by atoms with van der Waals surface area (Å²) in [6, 6.07) is 11.5. The standard InChI is InChI=1S/C25H35NO/c1-23-12-19-13-24(15-23,20-5-3-2-4-6-20)17-25(14-19,16-23)22(27)11-18-7-9-21(26)10-8-18/h2-6,18-19,21H,7-17,26H2,1H3/t18?,19?,21?,23-,24-,25?/m0/s1. The Labute approximate surface area is 164 Å². The van der Waals surface area contributed by atoms with Crippen LogP contribution in [-0.2, 0) is 10.2 Å². The Kier molecular flexibility index (Phi) is 4.10. The Bertz CT molecular complexity index is 721. The molecule has 2 nitrogen and oxygen atoms in total. The number of nitrogens with two attached hydrogens (primary N) is 1. The first-order valence-electron chi connectivity index (χ1n) is 11.2. The van der Waals surface area contributed by atoms with Crippen LogP contribution >= 0.6 is 0 Å². The molecule has 0 radical (unpaired) electrons. The lowest BCUT2D eigenvalue weighted by Crippen LogP contribution is -2.60.